The first kappa shape index (κ1) is 13.7. The molecule has 0 unspecified atom stereocenters. The van der Waals surface area contributed by atoms with Gasteiger partial charge in [-0.25, -0.2) is 4.68 Å². The number of aryl methyl sites for hydroxylation is 1. The molecule has 0 aliphatic rings. The zero-order valence-corrected chi connectivity index (χ0v) is 12.4. The number of halogens is 1. The van der Waals surface area contributed by atoms with Crippen LogP contribution in [0.25, 0.3) is 0 Å². The standard InChI is InChI=1S/C13H15BrN4O/c1-9-4-3-5-11(13(9)14)7-18-8-12(16-17-18)6-15-10(2)19/h3-5,8H,6-7H2,1-2H3,(H,15,19). The zero-order valence-electron chi connectivity index (χ0n) is 10.9. The Hall–Kier alpha value is -1.69. The molecule has 0 spiro atoms. The molecule has 0 aliphatic carbocycles. The van der Waals surface area contributed by atoms with Gasteiger partial charge in [-0.05, 0) is 18.1 Å². The Labute approximate surface area is 120 Å². The van der Waals surface area contributed by atoms with E-state index >= 15 is 0 Å². The molecule has 2 aromatic rings. The molecule has 19 heavy (non-hydrogen) atoms. The summed E-state index contributed by atoms with van der Waals surface area (Å²) >= 11 is 3.58. The summed E-state index contributed by atoms with van der Waals surface area (Å²) in [5.41, 5.74) is 3.09. The van der Waals surface area contributed by atoms with Gasteiger partial charge >= 0.3 is 0 Å². The van der Waals surface area contributed by atoms with Gasteiger partial charge in [0.05, 0.1) is 19.3 Å². The number of benzene rings is 1. The number of nitrogens with one attached hydrogen (secondary N) is 1. The van der Waals surface area contributed by atoms with Gasteiger partial charge in [-0.3, -0.25) is 4.79 Å². The monoisotopic (exact) mass is 322 g/mol. The third-order valence-electron chi connectivity index (χ3n) is 2.71. The minimum Gasteiger partial charge on any atom is -0.351 e. The average molecular weight is 323 g/mol. The van der Waals surface area contributed by atoms with Crippen LogP contribution in [0.5, 0.6) is 0 Å². The van der Waals surface area contributed by atoms with Crippen molar-refractivity contribution in [2.75, 3.05) is 0 Å². The molecule has 0 atom stereocenters. The van der Waals surface area contributed by atoms with Crippen molar-refractivity contribution in [1.29, 1.82) is 0 Å². The predicted octanol–water partition coefficient (Wildman–Crippen LogP) is 2.03. The second-order valence-electron chi connectivity index (χ2n) is 4.37. The Morgan fingerprint density at radius 2 is 2.26 bits per heavy atom. The summed E-state index contributed by atoms with van der Waals surface area (Å²) in [5.74, 6) is -0.0732. The van der Waals surface area contributed by atoms with Gasteiger partial charge in [0, 0.05) is 11.4 Å². The Kier molecular flexibility index (Phi) is 4.31. The number of hydrogen-bond acceptors (Lipinski definition) is 3. The minimum atomic E-state index is -0.0732. The molecule has 2 rings (SSSR count). The highest BCUT2D eigenvalue weighted by Gasteiger charge is 2.06. The molecule has 1 N–H and O–H groups in total. The molecule has 5 nitrogen and oxygen atoms in total. The maximum atomic E-state index is 10.8. The summed E-state index contributed by atoms with van der Waals surface area (Å²) in [4.78, 5) is 10.8. The Morgan fingerprint density at radius 1 is 1.47 bits per heavy atom. The molecule has 1 aromatic carbocycles. The van der Waals surface area contributed by atoms with Gasteiger partial charge in [0.25, 0.3) is 0 Å². The predicted molar refractivity (Wildman–Crippen MR) is 75.5 cm³/mol. The van der Waals surface area contributed by atoms with Crippen LogP contribution < -0.4 is 5.32 Å². The second kappa shape index (κ2) is 5.97. The van der Waals surface area contributed by atoms with E-state index in [2.05, 4.69) is 44.5 Å². The second-order valence-corrected chi connectivity index (χ2v) is 5.16. The van der Waals surface area contributed by atoms with Crippen LogP contribution in [0.15, 0.2) is 28.9 Å². The lowest BCUT2D eigenvalue weighted by Crippen LogP contribution is -2.19. The van der Waals surface area contributed by atoms with Crippen molar-refractivity contribution in [2.45, 2.75) is 26.9 Å². The van der Waals surface area contributed by atoms with Gasteiger partial charge in [-0.1, -0.05) is 39.3 Å². The van der Waals surface area contributed by atoms with Crippen LogP contribution in [0.3, 0.4) is 0 Å². The van der Waals surface area contributed by atoms with E-state index in [4.69, 9.17) is 0 Å². The largest absolute Gasteiger partial charge is 0.351 e. The summed E-state index contributed by atoms with van der Waals surface area (Å²) in [6.45, 7) is 4.59. The summed E-state index contributed by atoms with van der Waals surface area (Å²) in [5, 5.41) is 10.8. The number of hydrogen-bond donors (Lipinski definition) is 1. The Morgan fingerprint density at radius 3 is 3.00 bits per heavy atom. The molecular weight excluding hydrogens is 308 g/mol. The molecular formula is C13H15BrN4O. The van der Waals surface area contributed by atoms with Crippen LogP contribution in [0.4, 0.5) is 0 Å². The molecule has 0 aliphatic heterocycles. The van der Waals surface area contributed by atoms with Crippen molar-refractivity contribution >= 4 is 21.8 Å². The summed E-state index contributed by atoms with van der Waals surface area (Å²) in [6, 6.07) is 6.12. The van der Waals surface area contributed by atoms with E-state index in [0.29, 0.717) is 13.1 Å². The lowest BCUT2D eigenvalue weighted by molar-refractivity contribution is -0.119. The highest BCUT2D eigenvalue weighted by Crippen LogP contribution is 2.21. The van der Waals surface area contributed by atoms with Gasteiger partial charge < -0.3 is 5.32 Å². The van der Waals surface area contributed by atoms with E-state index in [-0.39, 0.29) is 5.91 Å². The molecule has 1 amide bonds. The SMILES string of the molecule is CC(=O)NCc1cn(Cc2cccc(C)c2Br)nn1. The first-order valence-electron chi connectivity index (χ1n) is 5.93. The maximum Gasteiger partial charge on any atom is 0.217 e. The minimum absolute atomic E-state index is 0.0732. The molecule has 0 radical (unpaired) electrons. The first-order valence-corrected chi connectivity index (χ1v) is 6.73. The maximum absolute atomic E-state index is 10.8. The van der Waals surface area contributed by atoms with E-state index < -0.39 is 0 Å². The molecule has 0 saturated carbocycles. The lowest BCUT2D eigenvalue weighted by atomic mass is 10.1. The highest BCUT2D eigenvalue weighted by atomic mass is 79.9. The molecule has 0 saturated heterocycles. The number of carbonyl (C=O) groups excluding carboxylic acids is 1. The van der Waals surface area contributed by atoms with Gasteiger partial charge in [0.1, 0.15) is 5.69 Å². The van der Waals surface area contributed by atoms with Crippen LogP contribution >= 0.6 is 15.9 Å². The molecule has 6 heteroatoms. The molecule has 0 fully saturated rings. The smallest absolute Gasteiger partial charge is 0.217 e. The van der Waals surface area contributed by atoms with Crippen LogP contribution in [0, 0.1) is 6.92 Å². The highest BCUT2D eigenvalue weighted by molar-refractivity contribution is 9.10. The topological polar surface area (TPSA) is 59.8 Å². The average Bonchev–Trinajstić information content (AvgIpc) is 2.80. The molecule has 0 bridgehead atoms. The number of nitrogens with zero attached hydrogens (tertiary/aromatic N) is 3. The third kappa shape index (κ3) is 3.64. The third-order valence-corrected chi connectivity index (χ3v) is 3.84. The van der Waals surface area contributed by atoms with Gasteiger partial charge in [0.15, 0.2) is 0 Å². The fraction of sp³-hybridized carbons (Fsp3) is 0.308. The van der Waals surface area contributed by atoms with Crippen molar-refractivity contribution in [3.63, 3.8) is 0 Å². The normalized spacial score (nSPS) is 10.5. The van der Waals surface area contributed by atoms with Crippen LogP contribution in [0.1, 0.15) is 23.7 Å². The number of aromatic nitrogens is 3. The van der Waals surface area contributed by atoms with Crippen molar-refractivity contribution in [2.24, 2.45) is 0 Å². The van der Waals surface area contributed by atoms with E-state index in [1.807, 2.05) is 18.3 Å². The van der Waals surface area contributed by atoms with Gasteiger partial charge in [-0.2, -0.15) is 0 Å². The zero-order chi connectivity index (χ0) is 13.8. The van der Waals surface area contributed by atoms with Crippen molar-refractivity contribution in [3.8, 4) is 0 Å². The lowest BCUT2D eigenvalue weighted by Gasteiger charge is -2.06. The molecule has 100 valence electrons. The van der Waals surface area contributed by atoms with E-state index in [9.17, 15) is 4.79 Å². The van der Waals surface area contributed by atoms with E-state index in [1.165, 1.54) is 12.5 Å². The molecule has 1 heterocycles. The summed E-state index contributed by atoms with van der Waals surface area (Å²) in [6.07, 6.45) is 1.84. The van der Waals surface area contributed by atoms with Crippen molar-refractivity contribution < 1.29 is 4.79 Å². The van der Waals surface area contributed by atoms with Gasteiger partial charge in [0.2, 0.25) is 5.91 Å². The Balaban J connectivity index is 2.07. The van der Waals surface area contributed by atoms with Crippen LogP contribution in [0.2, 0.25) is 0 Å². The summed E-state index contributed by atoms with van der Waals surface area (Å²) in [7, 11) is 0. The van der Waals surface area contributed by atoms with E-state index in [1.54, 1.807) is 4.68 Å². The fourth-order valence-electron chi connectivity index (χ4n) is 1.72. The van der Waals surface area contributed by atoms with Crippen molar-refractivity contribution in [1.82, 2.24) is 20.3 Å². The number of rotatable bonds is 4. The summed E-state index contributed by atoms with van der Waals surface area (Å²) < 4.78 is 2.85. The quantitative estimate of drug-likeness (QED) is 0.937. The van der Waals surface area contributed by atoms with Gasteiger partial charge in [-0.15, -0.1) is 5.10 Å². The molecule has 1 aromatic heterocycles. The fourth-order valence-corrected chi connectivity index (χ4v) is 2.11. The van der Waals surface area contributed by atoms with Crippen molar-refractivity contribution in [3.05, 3.63) is 45.7 Å². The number of carbonyl (C=O) groups is 1. The first-order chi connectivity index (χ1) is 9.06. The Bertz CT molecular complexity index is 594. The van der Waals surface area contributed by atoms with Crippen LogP contribution in [-0.2, 0) is 17.9 Å². The number of amides is 1. The van der Waals surface area contributed by atoms with Crippen LogP contribution in [-0.4, -0.2) is 20.9 Å². The van der Waals surface area contributed by atoms with E-state index in [0.717, 1.165) is 15.7 Å².